The number of esters is 1. The summed E-state index contributed by atoms with van der Waals surface area (Å²) >= 11 is 0. The van der Waals surface area contributed by atoms with Crippen LogP contribution in [-0.2, 0) is 22.5 Å². The van der Waals surface area contributed by atoms with Gasteiger partial charge in [-0.25, -0.2) is 18.8 Å². The van der Waals surface area contributed by atoms with Crippen molar-refractivity contribution in [2.24, 2.45) is 11.8 Å². The minimum Gasteiger partial charge on any atom is -0.462 e. The van der Waals surface area contributed by atoms with Gasteiger partial charge in [0.1, 0.15) is 6.33 Å². The molecule has 1 N–H and O–H groups in total. The number of benzene rings is 3. The summed E-state index contributed by atoms with van der Waals surface area (Å²) in [5.74, 6) is -0.179. The Morgan fingerprint density at radius 2 is 1.64 bits per heavy atom. The molecule has 5 rings (SSSR count). The molecule has 1 fully saturated rings. The summed E-state index contributed by atoms with van der Waals surface area (Å²) in [4.78, 5) is 41.0. The third kappa shape index (κ3) is 7.53. The minimum absolute atomic E-state index is 0.000618. The van der Waals surface area contributed by atoms with Crippen molar-refractivity contribution in [1.29, 1.82) is 0 Å². The van der Waals surface area contributed by atoms with Crippen LogP contribution in [0.2, 0.25) is 0 Å². The average molecular weight is 610 g/mol. The molecule has 45 heavy (non-hydrogen) atoms. The highest BCUT2D eigenvalue weighted by Gasteiger charge is 2.32. The van der Waals surface area contributed by atoms with Gasteiger partial charge in [0, 0.05) is 31.2 Å². The number of anilines is 1. The number of rotatable bonds is 11. The maximum atomic E-state index is 13.7. The van der Waals surface area contributed by atoms with E-state index in [1.807, 2.05) is 63.2 Å². The van der Waals surface area contributed by atoms with Crippen LogP contribution in [0.25, 0.3) is 5.69 Å². The van der Waals surface area contributed by atoms with Crippen molar-refractivity contribution in [3.63, 3.8) is 0 Å². The van der Waals surface area contributed by atoms with Crippen molar-refractivity contribution in [2.45, 2.75) is 59.5 Å². The van der Waals surface area contributed by atoms with Gasteiger partial charge in [-0.1, -0.05) is 42.5 Å². The topological polar surface area (TPSA) is 98.5 Å². The van der Waals surface area contributed by atoms with Crippen LogP contribution in [0.4, 0.5) is 5.69 Å². The number of piperidine rings is 1. The van der Waals surface area contributed by atoms with Crippen LogP contribution in [0, 0.1) is 18.8 Å². The predicted octanol–water partition coefficient (Wildman–Crippen LogP) is 5.49. The molecule has 1 unspecified atom stereocenters. The van der Waals surface area contributed by atoms with Crippen molar-refractivity contribution >= 4 is 17.6 Å². The number of aryl methyl sites for hydroxylation is 1. The molecule has 1 saturated heterocycles. The summed E-state index contributed by atoms with van der Waals surface area (Å²) < 4.78 is 8.19. The lowest BCUT2D eigenvalue weighted by Gasteiger charge is -2.37. The number of carbonyl (C=O) groups is 2. The summed E-state index contributed by atoms with van der Waals surface area (Å²) in [6.45, 7) is 9.99. The molecule has 3 aromatic carbocycles. The molecule has 0 bridgehead atoms. The SMILES string of the molecule is CCOC(=O)c1ccc(CNC(=O)C(Cc2ccccc2)C2CCN(c3ccc(-n4cnn(C(C)C)c4=O)cc3)CC2)cc1C. The summed E-state index contributed by atoms with van der Waals surface area (Å²) in [6, 6.07) is 23.8. The fraction of sp³-hybridized carbons (Fsp3) is 0.389. The zero-order chi connectivity index (χ0) is 31.9. The van der Waals surface area contributed by atoms with Crippen LogP contribution < -0.4 is 15.9 Å². The standard InChI is InChI=1S/C36H43N5O4/c1-5-45-35(43)32-16-11-28(21-26(32)4)23-37-34(42)33(22-27-9-7-6-8-10-27)29-17-19-39(20-18-29)30-12-14-31(15-13-30)40-24-38-41(25(2)3)36(40)44/h6-16,21,24-25,29,33H,5,17-20,22-23H2,1-4H3,(H,37,42). The first-order chi connectivity index (χ1) is 21.7. The van der Waals surface area contributed by atoms with Gasteiger partial charge in [0.25, 0.3) is 0 Å². The minimum atomic E-state index is -0.329. The Balaban J connectivity index is 1.23. The van der Waals surface area contributed by atoms with Gasteiger partial charge in [-0.05, 0) is 99.9 Å². The van der Waals surface area contributed by atoms with E-state index in [1.54, 1.807) is 23.9 Å². The van der Waals surface area contributed by atoms with E-state index < -0.39 is 0 Å². The van der Waals surface area contributed by atoms with Gasteiger partial charge in [-0.2, -0.15) is 5.10 Å². The van der Waals surface area contributed by atoms with Gasteiger partial charge in [0.15, 0.2) is 0 Å². The van der Waals surface area contributed by atoms with Crippen molar-refractivity contribution < 1.29 is 14.3 Å². The molecule has 236 valence electrons. The quantitative estimate of drug-likeness (QED) is 0.226. The van der Waals surface area contributed by atoms with E-state index >= 15 is 0 Å². The molecule has 9 heteroatoms. The highest BCUT2D eigenvalue weighted by Crippen LogP contribution is 2.31. The first kappa shape index (κ1) is 31.8. The van der Waals surface area contributed by atoms with Gasteiger partial charge < -0.3 is 15.0 Å². The lowest BCUT2D eigenvalue weighted by molar-refractivity contribution is -0.127. The Hall–Kier alpha value is -4.66. The molecule has 1 atom stereocenters. The van der Waals surface area contributed by atoms with Crippen molar-refractivity contribution in [1.82, 2.24) is 19.7 Å². The number of aromatic nitrogens is 3. The fourth-order valence-electron chi connectivity index (χ4n) is 6.17. The summed E-state index contributed by atoms with van der Waals surface area (Å²) in [5.41, 5.74) is 5.23. The average Bonchev–Trinajstić information content (AvgIpc) is 3.44. The molecule has 0 saturated carbocycles. The third-order valence-corrected chi connectivity index (χ3v) is 8.67. The van der Waals surface area contributed by atoms with E-state index in [2.05, 4.69) is 39.6 Å². The van der Waals surface area contributed by atoms with Crippen molar-refractivity contribution in [2.75, 3.05) is 24.6 Å². The Labute approximate surface area is 264 Å². The van der Waals surface area contributed by atoms with Crippen LogP contribution >= 0.6 is 0 Å². The van der Waals surface area contributed by atoms with Crippen molar-refractivity contribution in [3.8, 4) is 5.69 Å². The first-order valence-corrected chi connectivity index (χ1v) is 15.8. The largest absolute Gasteiger partial charge is 0.462 e. The molecule has 0 spiro atoms. The second kappa shape index (κ2) is 14.4. The molecule has 2 heterocycles. The zero-order valence-corrected chi connectivity index (χ0v) is 26.6. The molecule has 0 radical (unpaired) electrons. The summed E-state index contributed by atoms with van der Waals surface area (Å²) in [5, 5.41) is 7.42. The lowest BCUT2D eigenvalue weighted by Crippen LogP contribution is -2.42. The first-order valence-electron chi connectivity index (χ1n) is 15.8. The molecular formula is C36H43N5O4. The number of hydrogen-bond acceptors (Lipinski definition) is 6. The number of carbonyl (C=O) groups excluding carboxylic acids is 2. The number of nitrogens with one attached hydrogen (secondary N) is 1. The second-order valence-electron chi connectivity index (χ2n) is 12.0. The van der Waals surface area contributed by atoms with E-state index in [-0.39, 0.29) is 35.4 Å². The molecule has 1 aliphatic heterocycles. The van der Waals surface area contributed by atoms with Crippen LogP contribution in [0.15, 0.2) is 83.9 Å². The normalized spacial score (nSPS) is 14.4. The van der Waals surface area contributed by atoms with E-state index in [1.165, 1.54) is 4.68 Å². The number of amides is 1. The monoisotopic (exact) mass is 609 g/mol. The molecule has 1 aliphatic rings. The smallest absolute Gasteiger partial charge is 0.350 e. The maximum absolute atomic E-state index is 13.7. The van der Waals surface area contributed by atoms with Gasteiger partial charge in [0.2, 0.25) is 5.91 Å². The van der Waals surface area contributed by atoms with E-state index in [0.29, 0.717) is 25.1 Å². The summed E-state index contributed by atoms with van der Waals surface area (Å²) in [7, 11) is 0. The van der Waals surface area contributed by atoms with Gasteiger partial charge in [-0.15, -0.1) is 0 Å². The Morgan fingerprint density at radius 3 is 2.27 bits per heavy atom. The van der Waals surface area contributed by atoms with Crippen LogP contribution in [0.3, 0.4) is 0 Å². The number of nitrogens with zero attached hydrogens (tertiary/aromatic N) is 4. The fourth-order valence-corrected chi connectivity index (χ4v) is 6.17. The molecule has 0 aliphatic carbocycles. The van der Waals surface area contributed by atoms with Crippen LogP contribution in [-0.4, -0.2) is 45.9 Å². The highest BCUT2D eigenvalue weighted by molar-refractivity contribution is 5.91. The number of hydrogen-bond donors (Lipinski definition) is 1. The molecule has 4 aromatic rings. The maximum Gasteiger partial charge on any atom is 0.350 e. The third-order valence-electron chi connectivity index (χ3n) is 8.67. The van der Waals surface area contributed by atoms with Crippen molar-refractivity contribution in [3.05, 3.63) is 112 Å². The van der Waals surface area contributed by atoms with Gasteiger partial charge in [-0.3, -0.25) is 4.79 Å². The molecule has 1 aromatic heterocycles. The predicted molar refractivity (Wildman–Crippen MR) is 176 cm³/mol. The van der Waals surface area contributed by atoms with Gasteiger partial charge in [0.05, 0.1) is 23.9 Å². The number of ether oxygens (including phenoxy) is 1. The van der Waals surface area contributed by atoms with Crippen LogP contribution in [0.1, 0.15) is 66.7 Å². The summed E-state index contributed by atoms with van der Waals surface area (Å²) in [6.07, 6.45) is 4.06. The van der Waals surface area contributed by atoms with Crippen LogP contribution in [0.5, 0.6) is 0 Å². The lowest BCUT2D eigenvalue weighted by atomic mass is 9.80. The highest BCUT2D eigenvalue weighted by atomic mass is 16.5. The van der Waals surface area contributed by atoms with E-state index in [0.717, 1.165) is 54.0 Å². The van der Waals surface area contributed by atoms with E-state index in [9.17, 15) is 14.4 Å². The second-order valence-corrected chi connectivity index (χ2v) is 12.0. The molecular weight excluding hydrogens is 566 g/mol. The zero-order valence-electron chi connectivity index (χ0n) is 26.6. The Morgan fingerprint density at radius 1 is 0.956 bits per heavy atom. The molecule has 1 amide bonds. The van der Waals surface area contributed by atoms with E-state index in [4.69, 9.17) is 4.74 Å². The molecule has 9 nitrogen and oxygen atoms in total. The van der Waals surface area contributed by atoms with Gasteiger partial charge >= 0.3 is 11.7 Å². The Kier molecular flexibility index (Phi) is 10.2. The Bertz CT molecular complexity index is 1650.